The van der Waals surface area contributed by atoms with E-state index in [0.29, 0.717) is 26.9 Å². The van der Waals surface area contributed by atoms with Crippen molar-refractivity contribution in [2.24, 2.45) is 0 Å². The first-order valence-corrected chi connectivity index (χ1v) is 7.49. The Hall–Kier alpha value is -1.94. The van der Waals surface area contributed by atoms with Gasteiger partial charge in [0.2, 0.25) is 0 Å². The first kappa shape index (κ1) is 16.4. The molecule has 0 spiro atoms. The number of thiocarbonyl (C=S) groups is 1. The quantitative estimate of drug-likeness (QED) is 0.399. The average Bonchev–Trinajstić information content (AvgIpc) is 2.47. The molecule has 1 N–H and O–H groups in total. The van der Waals surface area contributed by atoms with E-state index in [1.54, 1.807) is 38.1 Å². The van der Waals surface area contributed by atoms with Gasteiger partial charge in [-0.05, 0) is 31.5 Å². The molecule has 0 aromatic heterocycles. The number of carbonyl (C=O) groups excluding carboxylic acids is 1. The lowest BCUT2D eigenvalue weighted by atomic mass is 9.81. The molecule has 22 heavy (non-hydrogen) atoms. The van der Waals surface area contributed by atoms with Gasteiger partial charge in [0.25, 0.3) is 0 Å². The van der Waals surface area contributed by atoms with E-state index in [1.807, 2.05) is 0 Å². The molecule has 6 heteroatoms. The Morgan fingerprint density at radius 1 is 1.45 bits per heavy atom. The molecule has 1 aliphatic rings. The Balaban J connectivity index is 2.62. The van der Waals surface area contributed by atoms with E-state index in [0.717, 1.165) is 5.56 Å². The van der Waals surface area contributed by atoms with Crippen LogP contribution >= 0.6 is 23.8 Å². The summed E-state index contributed by atoms with van der Waals surface area (Å²) in [6.07, 6.45) is 0. The number of allylic oxidation sites excluding steroid dienone is 1. The van der Waals surface area contributed by atoms with Crippen LogP contribution in [0, 0.1) is 0 Å². The smallest absolute Gasteiger partial charge is 0.336 e. The Bertz CT molecular complexity index is 703. The lowest BCUT2D eigenvalue weighted by Crippen LogP contribution is -2.35. The summed E-state index contributed by atoms with van der Waals surface area (Å²) in [4.78, 5) is 12.6. The first-order valence-electron chi connectivity index (χ1n) is 6.71. The van der Waals surface area contributed by atoms with Crippen LogP contribution in [0.4, 0.5) is 0 Å². The number of halogens is 1. The summed E-state index contributed by atoms with van der Waals surface area (Å²) in [5.74, 6) is 1.10. The zero-order valence-corrected chi connectivity index (χ0v) is 13.7. The molecular weight excluding hydrogens is 320 g/mol. The third-order valence-electron chi connectivity index (χ3n) is 3.35. The van der Waals surface area contributed by atoms with Gasteiger partial charge < -0.3 is 15.5 Å². The van der Waals surface area contributed by atoms with Gasteiger partial charge in [0.1, 0.15) is 4.99 Å². The molecule has 0 bridgehead atoms. The predicted octanol–water partition coefficient (Wildman–Crippen LogP) is 3.36. The normalized spacial score (nSPS) is 17.9. The zero-order chi connectivity index (χ0) is 16.3. The SMILES string of the molecule is CCOC(=O)C1=C(C)NC(=S)C(=C=[N-])[C@H]1c1ccc(Cl)cc1. The van der Waals surface area contributed by atoms with Crippen molar-refractivity contribution < 1.29 is 9.53 Å². The van der Waals surface area contributed by atoms with Crippen LogP contribution in [-0.4, -0.2) is 23.4 Å². The van der Waals surface area contributed by atoms with E-state index in [-0.39, 0.29) is 6.61 Å². The summed E-state index contributed by atoms with van der Waals surface area (Å²) in [6.45, 7) is 3.74. The third kappa shape index (κ3) is 3.12. The molecule has 0 radical (unpaired) electrons. The highest BCUT2D eigenvalue weighted by Crippen LogP contribution is 2.36. The topological polar surface area (TPSA) is 60.6 Å². The van der Waals surface area contributed by atoms with E-state index in [4.69, 9.17) is 28.6 Å². The maximum Gasteiger partial charge on any atom is 0.336 e. The van der Waals surface area contributed by atoms with Crippen molar-refractivity contribution in [3.05, 3.63) is 57.1 Å². The van der Waals surface area contributed by atoms with Crippen molar-refractivity contribution in [2.75, 3.05) is 6.61 Å². The van der Waals surface area contributed by atoms with Crippen molar-refractivity contribution in [2.45, 2.75) is 19.8 Å². The number of nitrogens with zero attached hydrogens (tertiary/aromatic N) is 1. The van der Waals surface area contributed by atoms with E-state index >= 15 is 0 Å². The zero-order valence-electron chi connectivity index (χ0n) is 12.1. The number of benzene rings is 1. The lowest BCUT2D eigenvalue weighted by molar-refractivity contribution is -0.138. The molecular formula is C16H14ClN2O2S-. The molecule has 1 aromatic carbocycles. The molecule has 1 heterocycles. The third-order valence-corrected chi connectivity index (χ3v) is 3.92. The van der Waals surface area contributed by atoms with Crippen molar-refractivity contribution in [1.29, 1.82) is 0 Å². The van der Waals surface area contributed by atoms with E-state index in [9.17, 15) is 10.2 Å². The van der Waals surface area contributed by atoms with Gasteiger partial charge in [0.05, 0.1) is 18.1 Å². The van der Waals surface area contributed by atoms with Crippen LogP contribution in [-0.2, 0) is 9.53 Å². The van der Waals surface area contributed by atoms with Gasteiger partial charge in [0.15, 0.2) is 0 Å². The first-order chi connectivity index (χ1) is 10.5. The Morgan fingerprint density at radius 2 is 2.09 bits per heavy atom. The van der Waals surface area contributed by atoms with Gasteiger partial charge in [-0.2, -0.15) is 0 Å². The minimum Gasteiger partial charge on any atom is -0.763 e. The van der Waals surface area contributed by atoms with Crippen LogP contribution in [0.1, 0.15) is 25.3 Å². The van der Waals surface area contributed by atoms with Crippen molar-refractivity contribution in [1.82, 2.24) is 5.32 Å². The molecule has 0 unspecified atom stereocenters. The molecule has 0 amide bonds. The summed E-state index contributed by atoms with van der Waals surface area (Å²) >= 11 is 11.1. The summed E-state index contributed by atoms with van der Waals surface area (Å²) < 4.78 is 5.13. The molecule has 0 saturated heterocycles. The standard InChI is InChI=1S/C16H14ClN2O2S/c1-3-21-16(20)13-9(2)19-15(22)12(8-18)14(13)10-4-6-11(17)7-5-10/h4-7,14H,3H2,1-2H3,(H,19,22)/q-1/t14-/m1/s1. The minimum atomic E-state index is -0.546. The van der Waals surface area contributed by atoms with Crippen LogP contribution in [0.3, 0.4) is 0 Å². The Labute approximate surface area is 139 Å². The summed E-state index contributed by atoms with van der Waals surface area (Å²) in [5.41, 5.74) is 2.09. The van der Waals surface area contributed by atoms with Gasteiger partial charge in [-0.25, -0.2) is 4.79 Å². The summed E-state index contributed by atoms with van der Waals surface area (Å²) in [5, 5.41) is 12.9. The molecule has 1 atom stereocenters. The molecule has 0 saturated carbocycles. The molecule has 1 aromatic rings. The maximum atomic E-state index is 12.3. The van der Waals surface area contributed by atoms with Gasteiger partial charge in [0, 0.05) is 16.3 Å². The molecule has 0 aliphatic carbocycles. The number of nitrogens with one attached hydrogen (secondary N) is 1. The Morgan fingerprint density at radius 3 is 2.64 bits per heavy atom. The van der Waals surface area contributed by atoms with Gasteiger partial charge >= 0.3 is 5.97 Å². The largest absolute Gasteiger partial charge is 0.763 e. The van der Waals surface area contributed by atoms with Gasteiger partial charge in [-0.3, -0.25) is 5.87 Å². The number of ether oxygens (including phenoxy) is 1. The Kier molecular flexibility index (Phi) is 5.14. The van der Waals surface area contributed by atoms with E-state index in [2.05, 4.69) is 11.2 Å². The van der Waals surface area contributed by atoms with Crippen LogP contribution in [0.2, 0.25) is 5.02 Å². The maximum absolute atomic E-state index is 12.3. The predicted molar refractivity (Wildman–Crippen MR) is 91.1 cm³/mol. The average molecular weight is 334 g/mol. The number of hydrogen-bond donors (Lipinski definition) is 1. The van der Waals surface area contributed by atoms with Gasteiger partial charge in [-0.15, -0.1) is 0 Å². The highest BCUT2D eigenvalue weighted by Gasteiger charge is 2.34. The van der Waals surface area contributed by atoms with Crippen LogP contribution in [0.15, 0.2) is 41.1 Å². The van der Waals surface area contributed by atoms with E-state index < -0.39 is 11.9 Å². The second-order valence-corrected chi connectivity index (χ2v) is 5.57. The highest BCUT2D eigenvalue weighted by molar-refractivity contribution is 7.80. The molecule has 1 aliphatic heterocycles. The van der Waals surface area contributed by atoms with Crippen LogP contribution < -0.4 is 5.32 Å². The van der Waals surface area contributed by atoms with Crippen LogP contribution in [0.5, 0.6) is 0 Å². The highest BCUT2D eigenvalue weighted by atomic mass is 35.5. The lowest BCUT2D eigenvalue weighted by Gasteiger charge is -2.30. The summed E-state index contributed by atoms with van der Waals surface area (Å²) in [7, 11) is 0. The molecule has 4 nitrogen and oxygen atoms in total. The second kappa shape index (κ2) is 6.88. The summed E-state index contributed by atoms with van der Waals surface area (Å²) in [6, 6.07) is 7.00. The molecule has 2 rings (SSSR count). The van der Waals surface area contributed by atoms with Crippen molar-refractivity contribution in [3.63, 3.8) is 0 Å². The van der Waals surface area contributed by atoms with E-state index in [1.165, 1.54) is 0 Å². The van der Waals surface area contributed by atoms with Crippen molar-refractivity contribution >= 4 is 40.6 Å². The minimum absolute atomic E-state index is 0.259. The van der Waals surface area contributed by atoms with Gasteiger partial charge in [-0.1, -0.05) is 36.0 Å². The number of carbonyl (C=O) groups is 1. The van der Waals surface area contributed by atoms with Crippen LogP contribution in [0.25, 0.3) is 5.41 Å². The number of esters is 1. The molecule has 0 fully saturated rings. The monoisotopic (exact) mass is 333 g/mol. The fourth-order valence-electron chi connectivity index (χ4n) is 2.38. The number of rotatable bonds is 3. The fourth-order valence-corrected chi connectivity index (χ4v) is 2.82. The second-order valence-electron chi connectivity index (χ2n) is 4.72. The fraction of sp³-hybridized carbons (Fsp3) is 0.250. The molecule has 114 valence electrons. The number of hydrogen-bond acceptors (Lipinski definition) is 3. The van der Waals surface area contributed by atoms with Crippen molar-refractivity contribution in [3.8, 4) is 0 Å².